The Hall–Kier alpha value is 0.180. The molecule has 0 amide bonds. The zero-order valence-electron chi connectivity index (χ0n) is 19.2. The van der Waals surface area contributed by atoms with Crippen molar-refractivity contribution in [2.24, 2.45) is 0 Å². The van der Waals surface area contributed by atoms with Crippen LogP contribution >= 0.6 is 0 Å². The van der Waals surface area contributed by atoms with E-state index in [9.17, 15) is 0 Å². The van der Waals surface area contributed by atoms with Crippen LogP contribution in [0.5, 0.6) is 0 Å². The predicted octanol–water partition coefficient (Wildman–Crippen LogP) is 1.88. The molecule has 0 saturated heterocycles. The Morgan fingerprint density at radius 2 is 1.08 bits per heavy atom. The van der Waals surface area contributed by atoms with Crippen LogP contribution in [0.25, 0.3) is 5.57 Å². The largest absolute Gasteiger partial charge is 1.00 e. The monoisotopic (exact) mass is 368 g/mol. The van der Waals surface area contributed by atoms with Gasteiger partial charge in [-0.15, -0.1) is 0 Å². The van der Waals surface area contributed by atoms with Gasteiger partial charge < -0.3 is 2.85 Å². The number of allylic oxidation sites excluding steroid dienone is 1. The molecular formula is C24H34Na2. The minimum absolute atomic E-state index is 0. The molecule has 0 spiro atoms. The first kappa shape index (κ1) is 26.2. The van der Waals surface area contributed by atoms with Crippen LogP contribution in [0.1, 0.15) is 78.7 Å². The fourth-order valence-corrected chi connectivity index (χ4v) is 3.16. The summed E-state index contributed by atoms with van der Waals surface area (Å²) in [6, 6.07) is 21.5. The van der Waals surface area contributed by atoms with Crippen LogP contribution in [0.2, 0.25) is 0 Å². The van der Waals surface area contributed by atoms with Crippen LogP contribution in [-0.2, 0) is 0 Å². The van der Waals surface area contributed by atoms with Gasteiger partial charge in [-0.1, -0.05) is 119 Å². The summed E-state index contributed by atoms with van der Waals surface area (Å²) in [7, 11) is 0. The zero-order chi connectivity index (χ0) is 16.9. The summed E-state index contributed by atoms with van der Waals surface area (Å²) in [5.41, 5.74) is 4.02. The Labute approximate surface area is 208 Å². The summed E-state index contributed by atoms with van der Waals surface area (Å²) in [6.07, 6.45) is 14.7. The first-order valence-electron chi connectivity index (χ1n) is 9.73. The predicted molar refractivity (Wildman–Crippen MR) is 109 cm³/mol. The number of hydrogen-bond acceptors (Lipinski definition) is 0. The van der Waals surface area contributed by atoms with Gasteiger partial charge in [-0.25, -0.2) is 0 Å². The van der Waals surface area contributed by atoms with Crippen LogP contribution in [0.4, 0.5) is 0 Å². The molecular weight excluding hydrogens is 334 g/mol. The Balaban J connectivity index is -0.00000156. The molecule has 26 heavy (non-hydrogen) atoms. The van der Waals surface area contributed by atoms with Gasteiger partial charge in [-0.2, -0.15) is 0 Å². The van der Waals surface area contributed by atoms with E-state index < -0.39 is 0 Å². The van der Waals surface area contributed by atoms with Gasteiger partial charge in [0.25, 0.3) is 0 Å². The van der Waals surface area contributed by atoms with Crippen molar-refractivity contribution in [3.05, 3.63) is 77.9 Å². The summed E-state index contributed by atoms with van der Waals surface area (Å²) in [4.78, 5) is 0. The molecule has 0 fully saturated rings. The van der Waals surface area contributed by atoms with E-state index in [2.05, 4.69) is 73.7 Å². The Morgan fingerprint density at radius 1 is 0.654 bits per heavy atom. The zero-order valence-corrected chi connectivity index (χ0v) is 21.2. The van der Waals surface area contributed by atoms with Crippen LogP contribution in [0, 0.1) is 0 Å². The topological polar surface area (TPSA) is 0 Å². The molecule has 2 aromatic rings. The van der Waals surface area contributed by atoms with Gasteiger partial charge in [0.2, 0.25) is 0 Å². The minimum atomic E-state index is 0. The standard InChI is InChI=1S/C24H32.2Na.2H/c1-2-3-4-5-6-7-8-9-16-21-24(22-17-12-10-13-18-22)23-19-14-11-15-20-23;;;;/h10-15,17-21H,2-9,16H2,1H3;;;;/q;2*+1;2*-1. The summed E-state index contributed by atoms with van der Waals surface area (Å²) < 4.78 is 0. The van der Waals surface area contributed by atoms with E-state index in [4.69, 9.17) is 0 Å². The van der Waals surface area contributed by atoms with Gasteiger partial charge in [0.1, 0.15) is 0 Å². The maximum Gasteiger partial charge on any atom is 1.00 e. The second kappa shape index (κ2) is 17.3. The van der Waals surface area contributed by atoms with Crippen molar-refractivity contribution in [2.45, 2.75) is 64.7 Å². The molecule has 0 saturated carbocycles. The summed E-state index contributed by atoms with van der Waals surface area (Å²) in [5.74, 6) is 0. The maximum atomic E-state index is 2.43. The van der Waals surface area contributed by atoms with E-state index in [1.54, 1.807) is 0 Å². The van der Waals surface area contributed by atoms with Crippen molar-refractivity contribution in [1.29, 1.82) is 0 Å². The van der Waals surface area contributed by atoms with Crippen LogP contribution in [-0.4, -0.2) is 0 Å². The third-order valence-electron chi connectivity index (χ3n) is 4.58. The first-order valence-corrected chi connectivity index (χ1v) is 9.73. The fourth-order valence-electron chi connectivity index (χ4n) is 3.16. The summed E-state index contributed by atoms with van der Waals surface area (Å²) in [6.45, 7) is 2.28. The SMILES string of the molecule is CCCCCCCCCCC=C(c1ccccc1)c1ccccc1.[H-].[H-].[Na+].[Na+]. The normalized spacial score (nSPS) is 9.73. The van der Waals surface area contributed by atoms with Crippen molar-refractivity contribution >= 4 is 5.57 Å². The summed E-state index contributed by atoms with van der Waals surface area (Å²) in [5, 5.41) is 0. The van der Waals surface area contributed by atoms with E-state index in [-0.39, 0.29) is 62.0 Å². The van der Waals surface area contributed by atoms with Gasteiger partial charge in [0.15, 0.2) is 0 Å². The molecule has 132 valence electrons. The van der Waals surface area contributed by atoms with Gasteiger partial charge in [-0.05, 0) is 29.5 Å². The minimum Gasteiger partial charge on any atom is -1.00 e. The van der Waals surface area contributed by atoms with Crippen LogP contribution < -0.4 is 59.1 Å². The molecule has 0 aliphatic carbocycles. The van der Waals surface area contributed by atoms with Crippen LogP contribution in [0.15, 0.2) is 66.7 Å². The molecule has 0 aromatic heterocycles. The van der Waals surface area contributed by atoms with E-state index in [0.717, 1.165) is 0 Å². The maximum absolute atomic E-state index is 2.43. The van der Waals surface area contributed by atoms with Crippen molar-refractivity contribution in [2.75, 3.05) is 0 Å². The smallest absolute Gasteiger partial charge is 1.00 e. The van der Waals surface area contributed by atoms with Crippen molar-refractivity contribution in [1.82, 2.24) is 0 Å². The molecule has 0 radical (unpaired) electrons. The number of rotatable bonds is 11. The fraction of sp³-hybridized carbons (Fsp3) is 0.417. The van der Waals surface area contributed by atoms with Gasteiger partial charge >= 0.3 is 59.1 Å². The summed E-state index contributed by atoms with van der Waals surface area (Å²) >= 11 is 0. The Bertz CT molecular complexity index is 545. The van der Waals surface area contributed by atoms with Crippen molar-refractivity contribution in [3.63, 3.8) is 0 Å². The quantitative estimate of drug-likeness (QED) is 0.420. The molecule has 0 heterocycles. The van der Waals surface area contributed by atoms with Crippen molar-refractivity contribution < 1.29 is 62.0 Å². The first-order chi connectivity index (χ1) is 11.9. The number of unbranched alkanes of at least 4 members (excludes halogenated alkanes) is 8. The average molecular weight is 369 g/mol. The molecule has 0 N–H and O–H groups in total. The second-order valence-corrected chi connectivity index (χ2v) is 6.61. The molecule has 0 aliphatic rings. The van der Waals surface area contributed by atoms with E-state index >= 15 is 0 Å². The van der Waals surface area contributed by atoms with E-state index in [1.165, 1.54) is 74.5 Å². The molecule has 2 rings (SSSR count). The molecule has 0 nitrogen and oxygen atoms in total. The van der Waals surface area contributed by atoms with Gasteiger partial charge in [0.05, 0.1) is 0 Å². The molecule has 2 aromatic carbocycles. The number of hydrogen-bond donors (Lipinski definition) is 0. The average Bonchev–Trinajstić information content (AvgIpc) is 2.65. The van der Waals surface area contributed by atoms with E-state index in [0.29, 0.717) is 0 Å². The van der Waals surface area contributed by atoms with Crippen LogP contribution in [0.3, 0.4) is 0 Å². The number of benzene rings is 2. The second-order valence-electron chi connectivity index (χ2n) is 6.61. The molecule has 2 heteroatoms. The third kappa shape index (κ3) is 10.5. The van der Waals surface area contributed by atoms with Gasteiger partial charge in [0, 0.05) is 0 Å². The third-order valence-corrected chi connectivity index (χ3v) is 4.58. The molecule has 0 atom stereocenters. The van der Waals surface area contributed by atoms with Gasteiger partial charge in [-0.3, -0.25) is 0 Å². The van der Waals surface area contributed by atoms with E-state index in [1.807, 2.05) is 0 Å². The molecule has 0 unspecified atom stereocenters. The Kier molecular flexibility index (Phi) is 17.4. The molecule has 0 bridgehead atoms. The Morgan fingerprint density at radius 3 is 1.54 bits per heavy atom. The molecule has 0 aliphatic heterocycles. The van der Waals surface area contributed by atoms with Crippen molar-refractivity contribution in [3.8, 4) is 0 Å².